The van der Waals surface area contributed by atoms with Crippen LogP contribution >= 0.6 is 23.2 Å². The Hall–Kier alpha value is -2.19. The lowest BCUT2D eigenvalue weighted by Crippen LogP contribution is -2.28. The summed E-state index contributed by atoms with van der Waals surface area (Å²) in [6, 6.07) is 4.05. The molecule has 0 saturated heterocycles. The number of hydrogen-bond donors (Lipinski definition) is 2. The lowest BCUT2D eigenvalue weighted by molar-refractivity contribution is -0.138. The highest BCUT2D eigenvalue weighted by Crippen LogP contribution is 2.31. The highest BCUT2D eigenvalue weighted by molar-refractivity contribution is 6.39. The van der Waals surface area contributed by atoms with E-state index in [2.05, 4.69) is 5.32 Å². The molecular formula is C14H10Cl2F3N3O2. The molecule has 0 atom stereocenters. The average Bonchev–Trinajstić information content (AvgIpc) is 2.45. The minimum absolute atomic E-state index is 0.106. The van der Waals surface area contributed by atoms with Crippen LogP contribution in [0.4, 0.5) is 24.5 Å². The van der Waals surface area contributed by atoms with Gasteiger partial charge in [-0.3, -0.25) is 9.59 Å². The maximum Gasteiger partial charge on any atom is 0.417 e. The molecule has 1 aromatic heterocycles. The third-order valence-electron chi connectivity index (χ3n) is 2.99. The van der Waals surface area contributed by atoms with Crippen LogP contribution in [0.2, 0.25) is 10.0 Å². The number of hydrogen-bond acceptors (Lipinski definition) is 3. The number of carbonyl (C=O) groups is 1. The van der Waals surface area contributed by atoms with Crippen molar-refractivity contribution in [3.8, 4) is 0 Å². The molecule has 128 valence electrons. The zero-order valence-electron chi connectivity index (χ0n) is 11.8. The number of rotatable bonds is 3. The largest absolute Gasteiger partial charge is 0.417 e. The van der Waals surface area contributed by atoms with E-state index in [0.29, 0.717) is 16.8 Å². The molecule has 0 radical (unpaired) electrons. The molecule has 1 aromatic carbocycles. The standard InChI is InChI=1S/C14H10Cl2F3N3O2/c15-9-3-8(4-10(16)13(9)20)21-11(23)6-22-5-7(14(17,18)19)1-2-12(22)24/h1-5H,6,20H2,(H,21,23). The van der Waals surface area contributed by atoms with E-state index in [1.54, 1.807) is 0 Å². The number of alkyl halides is 3. The van der Waals surface area contributed by atoms with Crippen molar-refractivity contribution >= 4 is 40.5 Å². The monoisotopic (exact) mass is 379 g/mol. The molecule has 2 aromatic rings. The summed E-state index contributed by atoms with van der Waals surface area (Å²) in [4.78, 5) is 23.5. The summed E-state index contributed by atoms with van der Waals surface area (Å²) in [6.07, 6.45) is -4.05. The number of amides is 1. The number of benzene rings is 1. The van der Waals surface area contributed by atoms with Gasteiger partial charge in [0.25, 0.3) is 5.56 Å². The lowest BCUT2D eigenvalue weighted by Gasteiger charge is -2.12. The van der Waals surface area contributed by atoms with Crippen LogP contribution in [-0.4, -0.2) is 10.5 Å². The van der Waals surface area contributed by atoms with Gasteiger partial charge in [-0.2, -0.15) is 13.2 Å². The van der Waals surface area contributed by atoms with Crippen molar-refractivity contribution in [2.24, 2.45) is 0 Å². The Morgan fingerprint density at radius 2 is 1.79 bits per heavy atom. The highest BCUT2D eigenvalue weighted by atomic mass is 35.5. The Bertz CT molecular complexity index is 827. The maximum absolute atomic E-state index is 12.7. The predicted octanol–water partition coefficient (Wildman–Crippen LogP) is 3.39. The molecule has 3 N–H and O–H groups in total. The molecule has 0 unspecified atom stereocenters. The van der Waals surface area contributed by atoms with Crippen molar-refractivity contribution in [1.29, 1.82) is 0 Å². The summed E-state index contributed by atoms with van der Waals surface area (Å²) in [5.74, 6) is -0.728. The van der Waals surface area contributed by atoms with Gasteiger partial charge in [-0.25, -0.2) is 0 Å². The van der Waals surface area contributed by atoms with Gasteiger partial charge in [-0.1, -0.05) is 23.2 Å². The Balaban J connectivity index is 2.20. The third kappa shape index (κ3) is 4.21. The second kappa shape index (κ2) is 6.74. The van der Waals surface area contributed by atoms with E-state index in [1.165, 1.54) is 12.1 Å². The van der Waals surface area contributed by atoms with Gasteiger partial charge < -0.3 is 15.6 Å². The third-order valence-corrected chi connectivity index (χ3v) is 3.61. The number of nitrogens with two attached hydrogens (primary N) is 1. The molecule has 1 heterocycles. The Morgan fingerprint density at radius 1 is 1.21 bits per heavy atom. The summed E-state index contributed by atoms with van der Waals surface area (Å²) in [7, 11) is 0. The molecule has 24 heavy (non-hydrogen) atoms. The van der Waals surface area contributed by atoms with E-state index < -0.39 is 29.8 Å². The zero-order valence-corrected chi connectivity index (χ0v) is 13.3. The molecule has 10 heteroatoms. The zero-order chi connectivity index (χ0) is 18.1. The fourth-order valence-corrected chi connectivity index (χ4v) is 2.32. The topological polar surface area (TPSA) is 77.1 Å². The van der Waals surface area contributed by atoms with Gasteiger partial charge in [0.1, 0.15) is 6.54 Å². The van der Waals surface area contributed by atoms with Crippen LogP contribution in [0, 0.1) is 0 Å². The summed E-state index contributed by atoms with van der Waals surface area (Å²) in [5, 5.41) is 2.59. The van der Waals surface area contributed by atoms with Crippen LogP contribution in [0.3, 0.4) is 0 Å². The highest BCUT2D eigenvalue weighted by Gasteiger charge is 2.31. The molecule has 0 aliphatic heterocycles. The van der Waals surface area contributed by atoms with Crippen molar-refractivity contribution in [2.75, 3.05) is 11.1 Å². The van der Waals surface area contributed by atoms with Gasteiger partial charge in [0, 0.05) is 18.0 Å². The molecule has 0 fully saturated rings. The number of anilines is 2. The van der Waals surface area contributed by atoms with Crippen molar-refractivity contribution in [2.45, 2.75) is 12.7 Å². The normalized spacial score (nSPS) is 11.4. The van der Waals surface area contributed by atoms with E-state index in [9.17, 15) is 22.8 Å². The first-order valence-corrected chi connectivity index (χ1v) is 7.15. The molecule has 0 spiro atoms. The number of aromatic nitrogens is 1. The number of nitrogens with one attached hydrogen (secondary N) is 1. The van der Waals surface area contributed by atoms with E-state index in [-0.39, 0.29) is 21.4 Å². The molecule has 0 aliphatic rings. The first-order valence-electron chi connectivity index (χ1n) is 6.40. The van der Waals surface area contributed by atoms with Crippen molar-refractivity contribution in [3.05, 3.63) is 56.4 Å². The minimum atomic E-state index is -4.62. The number of halogens is 5. The van der Waals surface area contributed by atoms with Crippen molar-refractivity contribution in [3.63, 3.8) is 0 Å². The molecule has 5 nitrogen and oxygen atoms in total. The Labute approximate surface area is 143 Å². The van der Waals surface area contributed by atoms with Crippen molar-refractivity contribution in [1.82, 2.24) is 4.57 Å². The smallest absolute Gasteiger partial charge is 0.396 e. The van der Waals surface area contributed by atoms with Gasteiger partial charge in [0.2, 0.25) is 5.91 Å². The van der Waals surface area contributed by atoms with Gasteiger partial charge >= 0.3 is 6.18 Å². The van der Waals surface area contributed by atoms with E-state index >= 15 is 0 Å². The number of nitrogens with zero attached hydrogens (tertiary/aromatic N) is 1. The number of pyridine rings is 1. The lowest BCUT2D eigenvalue weighted by atomic mass is 10.2. The van der Waals surface area contributed by atoms with Crippen LogP contribution < -0.4 is 16.6 Å². The molecule has 2 rings (SSSR count). The summed E-state index contributed by atoms with van der Waals surface area (Å²) in [5.41, 5.74) is 4.10. The van der Waals surface area contributed by atoms with E-state index in [4.69, 9.17) is 28.9 Å². The quantitative estimate of drug-likeness (QED) is 0.802. The van der Waals surface area contributed by atoms with Gasteiger partial charge in [-0.05, 0) is 18.2 Å². The molecule has 0 saturated carbocycles. The van der Waals surface area contributed by atoms with Crippen LogP contribution in [0.25, 0.3) is 0 Å². The number of carbonyl (C=O) groups excluding carboxylic acids is 1. The minimum Gasteiger partial charge on any atom is -0.396 e. The average molecular weight is 380 g/mol. The van der Waals surface area contributed by atoms with Crippen LogP contribution in [-0.2, 0) is 17.5 Å². The second-order valence-electron chi connectivity index (χ2n) is 4.78. The molecular weight excluding hydrogens is 370 g/mol. The summed E-state index contributed by atoms with van der Waals surface area (Å²) in [6.45, 7) is -0.609. The van der Waals surface area contributed by atoms with Gasteiger partial charge in [-0.15, -0.1) is 0 Å². The summed E-state index contributed by atoms with van der Waals surface area (Å²) < 4.78 is 38.6. The Morgan fingerprint density at radius 3 is 2.33 bits per heavy atom. The SMILES string of the molecule is Nc1c(Cl)cc(NC(=O)Cn2cc(C(F)(F)F)ccc2=O)cc1Cl. The van der Waals surface area contributed by atoms with Crippen molar-refractivity contribution < 1.29 is 18.0 Å². The van der Waals surface area contributed by atoms with Gasteiger partial charge in [0.15, 0.2) is 0 Å². The van der Waals surface area contributed by atoms with E-state index in [1.807, 2.05) is 0 Å². The van der Waals surface area contributed by atoms with Crippen LogP contribution in [0.5, 0.6) is 0 Å². The van der Waals surface area contributed by atoms with Crippen LogP contribution in [0.15, 0.2) is 35.3 Å². The second-order valence-corrected chi connectivity index (χ2v) is 5.60. The Kier molecular flexibility index (Phi) is 5.10. The fourth-order valence-electron chi connectivity index (χ4n) is 1.83. The molecule has 1 amide bonds. The predicted molar refractivity (Wildman–Crippen MR) is 85.2 cm³/mol. The first-order chi connectivity index (χ1) is 11.1. The fraction of sp³-hybridized carbons (Fsp3) is 0.143. The molecule has 0 aliphatic carbocycles. The van der Waals surface area contributed by atoms with Gasteiger partial charge in [0.05, 0.1) is 21.3 Å². The van der Waals surface area contributed by atoms with E-state index in [0.717, 1.165) is 6.07 Å². The van der Waals surface area contributed by atoms with Crippen LogP contribution in [0.1, 0.15) is 5.56 Å². The first kappa shape index (κ1) is 18.2. The maximum atomic E-state index is 12.7. The molecule has 0 bridgehead atoms. The number of nitrogen functional groups attached to an aromatic ring is 1. The summed E-state index contributed by atoms with van der Waals surface area (Å²) >= 11 is 11.6.